The van der Waals surface area contributed by atoms with E-state index < -0.39 is 17.4 Å². The monoisotopic (exact) mass is 269 g/mol. The van der Waals surface area contributed by atoms with Crippen LogP contribution in [-0.4, -0.2) is 41.2 Å². The Morgan fingerprint density at radius 1 is 1.53 bits per heavy atom. The van der Waals surface area contributed by atoms with Crippen LogP contribution in [0.1, 0.15) is 40.5 Å². The average Bonchev–Trinajstić information content (AvgIpc) is 2.61. The smallest absolute Gasteiger partial charge is 0.247 e. The van der Waals surface area contributed by atoms with E-state index in [1.165, 1.54) is 4.90 Å². The third-order valence-electron chi connectivity index (χ3n) is 3.67. The van der Waals surface area contributed by atoms with Gasteiger partial charge in [0, 0.05) is 12.6 Å². The number of amides is 3. The summed E-state index contributed by atoms with van der Waals surface area (Å²) in [7, 11) is 0. The zero-order chi connectivity index (χ0) is 14.8. The van der Waals surface area contributed by atoms with Crippen LogP contribution in [0.4, 0.5) is 0 Å². The van der Waals surface area contributed by atoms with Crippen molar-refractivity contribution in [2.24, 2.45) is 11.1 Å². The zero-order valence-corrected chi connectivity index (χ0v) is 12.0. The number of nitrogens with one attached hydrogen (secondary N) is 1. The molecule has 3 amide bonds. The van der Waals surface area contributed by atoms with E-state index in [4.69, 9.17) is 5.73 Å². The Morgan fingerprint density at radius 2 is 2.11 bits per heavy atom. The second-order valence-corrected chi connectivity index (χ2v) is 5.74. The molecule has 0 spiro atoms. The van der Waals surface area contributed by atoms with E-state index in [2.05, 4.69) is 5.32 Å². The Bertz CT molecular complexity index is 393. The molecular weight excluding hydrogens is 246 g/mol. The van der Waals surface area contributed by atoms with Gasteiger partial charge in [0.05, 0.1) is 17.9 Å². The number of imide groups is 1. The predicted molar refractivity (Wildman–Crippen MR) is 71.0 cm³/mol. The quantitative estimate of drug-likeness (QED) is 0.664. The first-order valence-electron chi connectivity index (χ1n) is 6.60. The molecule has 1 rings (SSSR count). The summed E-state index contributed by atoms with van der Waals surface area (Å²) >= 11 is 0. The highest BCUT2D eigenvalue weighted by Gasteiger charge is 2.41. The molecule has 2 atom stereocenters. The Hall–Kier alpha value is -1.43. The highest BCUT2D eigenvalue weighted by Crippen LogP contribution is 2.19. The Kier molecular flexibility index (Phi) is 4.68. The maximum Gasteiger partial charge on any atom is 0.247 e. The number of rotatable bonds is 6. The summed E-state index contributed by atoms with van der Waals surface area (Å²) in [5, 5.41) is 2.98. The summed E-state index contributed by atoms with van der Waals surface area (Å²) in [6.45, 7) is 7.47. The van der Waals surface area contributed by atoms with Gasteiger partial charge < -0.3 is 11.1 Å². The molecule has 0 aliphatic carbocycles. The molecular formula is C13H23N3O3. The first-order valence-corrected chi connectivity index (χ1v) is 6.60. The van der Waals surface area contributed by atoms with Gasteiger partial charge in [0.2, 0.25) is 17.7 Å². The van der Waals surface area contributed by atoms with E-state index in [-0.39, 0.29) is 30.8 Å². The lowest BCUT2D eigenvalue weighted by atomic mass is 9.92. The van der Waals surface area contributed by atoms with E-state index in [0.717, 1.165) is 6.42 Å². The van der Waals surface area contributed by atoms with E-state index in [1.54, 1.807) is 13.8 Å². The van der Waals surface area contributed by atoms with Crippen LogP contribution in [0.25, 0.3) is 0 Å². The van der Waals surface area contributed by atoms with Gasteiger partial charge in [-0.15, -0.1) is 0 Å². The zero-order valence-electron chi connectivity index (χ0n) is 12.0. The first-order chi connectivity index (χ1) is 8.70. The fraction of sp³-hybridized carbons (Fsp3) is 0.769. The van der Waals surface area contributed by atoms with Crippen LogP contribution in [0.5, 0.6) is 0 Å². The second kappa shape index (κ2) is 5.69. The van der Waals surface area contributed by atoms with Crippen molar-refractivity contribution in [2.75, 3.05) is 6.54 Å². The number of nitrogens with two attached hydrogens (primary N) is 1. The molecule has 1 aliphatic heterocycles. The molecule has 3 N–H and O–H groups in total. The lowest BCUT2D eigenvalue weighted by Gasteiger charge is -2.24. The molecule has 0 aromatic rings. The van der Waals surface area contributed by atoms with Crippen molar-refractivity contribution in [1.29, 1.82) is 0 Å². The minimum absolute atomic E-state index is 0.0871. The number of hydrogen-bond acceptors (Lipinski definition) is 4. The Labute approximate surface area is 113 Å². The number of likely N-dealkylation sites (tertiary alicyclic amines) is 1. The molecule has 0 saturated carbocycles. The van der Waals surface area contributed by atoms with Crippen molar-refractivity contribution in [3.63, 3.8) is 0 Å². The van der Waals surface area contributed by atoms with E-state index in [1.807, 2.05) is 13.8 Å². The number of carbonyl (C=O) groups excluding carboxylic acids is 3. The molecule has 1 aliphatic rings. The summed E-state index contributed by atoms with van der Waals surface area (Å²) in [4.78, 5) is 36.5. The standard InChI is InChI=1S/C13H23N3O3/c1-5-8(2)16-10(17)6-9(11(16)18)15-7-13(3,4)12(14)19/h8-9,15H,5-7H2,1-4H3,(H2,14,19). The number of nitrogens with zero attached hydrogens (tertiary/aromatic N) is 1. The van der Waals surface area contributed by atoms with Gasteiger partial charge in [-0.2, -0.15) is 0 Å². The summed E-state index contributed by atoms with van der Waals surface area (Å²) in [6.07, 6.45) is 0.884. The molecule has 0 aromatic carbocycles. The molecule has 1 saturated heterocycles. The average molecular weight is 269 g/mol. The third-order valence-corrected chi connectivity index (χ3v) is 3.67. The molecule has 0 aromatic heterocycles. The van der Waals surface area contributed by atoms with Crippen LogP contribution in [0.3, 0.4) is 0 Å². The highest BCUT2D eigenvalue weighted by molar-refractivity contribution is 6.05. The summed E-state index contributed by atoms with van der Waals surface area (Å²) in [5.74, 6) is -0.802. The van der Waals surface area contributed by atoms with Crippen LogP contribution in [-0.2, 0) is 14.4 Å². The SMILES string of the molecule is CCC(C)N1C(=O)CC(NCC(C)(C)C(N)=O)C1=O. The maximum absolute atomic E-state index is 12.1. The van der Waals surface area contributed by atoms with Crippen LogP contribution in [0.15, 0.2) is 0 Å². The van der Waals surface area contributed by atoms with Crippen molar-refractivity contribution in [2.45, 2.75) is 52.6 Å². The first kappa shape index (κ1) is 15.6. The van der Waals surface area contributed by atoms with Gasteiger partial charge in [0.1, 0.15) is 0 Å². The minimum atomic E-state index is -0.743. The molecule has 19 heavy (non-hydrogen) atoms. The fourth-order valence-corrected chi connectivity index (χ4v) is 1.92. The summed E-state index contributed by atoms with van der Waals surface area (Å²) in [5.41, 5.74) is 4.53. The molecule has 1 fully saturated rings. The van der Waals surface area contributed by atoms with Gasteiger partial charge in [-0.3, -0.25) is 19.3 Å². The fourth-order valence-electron chi connectivity index (χ4n) is 1.92. The Morgan fingerprint density at radius 3 is 2.58 bits per heavy atom. The van der Waals surface area contributed by atoms with Crippen molar-refractivity contribution >= 4 is 17.7 Å². The summed E-state index contributed by atoms with van der Waals surface area (Å²) < 4.78 is 0. The molecule has 1 heterocycles. The third kappa shape index (κ3) is 3.32. The normalized spacial score (nSPS) is 21.9. The van der Waals surface area contributed by atoms with Gasteiger partial charge >= 0.3 is 0 Å². The summed E-state index contributed by atoms with van der Waals surface area (Å²) in [6, 6.07) is -0.629. The van der Waals surface area contributed by atoms with Gasteiger partial charge in [-0.25, -0.2) is 0 Å². The molecule has 2 unspecified atom stereocenters. The molecule has 0 radical (unpaired) electrons. The molecule has 108 valence electrons. The van der Waals surface area contributed by atoms with Crippen LogP contribution in [0.2, 0.25) is 0 Å². The van der Waals surface area contributed by atoms with Crippen molar-refractivity contribution in [3.8, 4) is 0 Å². The van der Waals surface area contributed by atoms with E-state index in [9.17, 15) is 14.4 Å². The van der Waals surface area contributed by atoms with Gasteiger partial charge in [-0.1, -0.05) is 6.92 Å². The van der Waals surface area contributed by atoms with Gasteiger partial charge in [0.25, 0.3) is 0 Å². The lowest BCUT2D eigenvalue weighted by molar-refractivity contribution is -0.141. The number of carbonyl (C=O) groups is 3. The lowest BCUT2D eigenvalue weighted by Crippen LogP contribution is -2.47. The molecule has 6 nitrogen and oxygen atoms in total. The van der Waals surface area contributed by atoms with Gasteiger partial charge in [-0.05, 0) is 27.2 Å². The van der Waals surface area contributed by atoms with Gasteiger partial charge in [0.15, 0.2) is 0 Å². The second-order valence-electron chi connectivity index (χ2n) is 5.74. The number of primary amides is 1. The highest BCUT2D eigenvalue weighted by atomic mass is 16.2. The van der Waals surface area contributed by atoms with Crippen LogP contribution >= 0.6 is 0 Å². The topological polar surface area (TPSA) is 92.5 Å². The molecule has 0 bridgehead atoms. The van der Waals surface area contributed by atoms with Crippen molar-refractivity contribution in [1.82, 2.24) is 10.2 Å². The minimum Gasteiger partial charge on any atom is -0.369 e. The number of hydrogen-bond donors (Lipinski definition) is 2. The maximum atomic E-state index is 12.1. The van der Waals surface area contributed by atoms with Crippen molar-refractivity contribution in [3.05, 3.63) is 0 Å². The largest absolute Gasteiger partial charge is 0.369 e. The van der Waals surface area contributed by atoms with Crippen LogP contribution in [0, 0.1) is 5.41 Å². The molecule has 6 heteroatoms. The van der Waals surface area contributed by atoms with Crippen LogP contribution < -0.4 is 11.1 Å². The van der Waals surface area contributed by atoms with Crippen molar-refractivity contribution < 1.29 is 14.4 Å². The Balaban J connectivity index is 2.66. The van der Waals surface area contributed by atoms with E-state index >= 15 is 0 Å². The predicted octanol–water partition coefficient (Wildman–Crippen LogP) is 0.0135. The van der Waals surface area contributed by atoms with E-state index in [0.29, 0.717) is 0 Å².